The van der Waals surface area contributed by atoms with E-state index in [1.807, 2.05) is 0 Å². The smallest absolute Gasteiger partial charge is 0.243 e. The van der Waals surface area contributed by atoms with E-state index in [1.165, 1.54) is 11.4 Å². The zero-order chi connectivity index (χ0) is 14.8. The summed E-state index contributed by atoms with van der Waals surface area (Å²) < 4.78 is 26.4. The van der Waals surface area contributed by atoms with Crippen molar-refractivity contribution in [1.29, 1.82) is 0 Å². The quantitative estimate of drug-likeness (QED) is 0.852. The number of benzene rings is 1. The Balaban J connectivity index is 2.25. The van der Waals surface area contributed by atoms with Crippen LogP contribution in [0.1, 0.15) is 31.2 Å². The summed E-state index contributed by atoms with van der Waals surface area (Å²) in [6, 6.07) is 6.73. The molecule has 112 valence electrons. The van der Waals surface area contributed by atoms with Crippen molar-refractivity contribution < 1.29 is 13.5 Å². The van der Waals surface area contributed by atoms with Gasteiger partial charge in [0.15, 0.2) is 0 Å². The Morgan fingerprint density at radius 2 is 1.90 bits per heavy atom. The van der Waals surface area contributed by atoms with Crippen LogP contribution in [0.25, 0.3) is 0 Å². The fourth-order valence-corrected chi connectivity index (χ4v) is 4.26. The van der Waals surface area contributed by atoms with Crippen LogP contribution in [0.5, 0.6) is 0 Å². The Labute approximate surface area is 120 Å². The van der Waals surface area contributed by atoms with Crippen LogP contribution in [-0.4, -0.2) is 37.0 Å². The van der Waals surface area contributed by atoms with Crippen LogP contribution in [-0.2, 0) is 16.6 Å². The van der Waals surface area contributed by atoms with Crippen molar-refractivity contribution in [2.45, 2.75) is 42.7 Å². The number of likely N-dealkylation sites (N-methyl/N-ethyl adjacent to an activating group) is 1. The third-order valence-corrected chi connectivity index (χ3v) is 5.84. The lowest BCUT2D eigenvalue weighted by Gasteiger charge is -2.28. The molecule has 0 bridgehead atoms. The molecule has 1 fully saturated rings. The van der Waals surface area contributed by atoms with Gasteiger partial charge in [0.1, 0.15) is 0 Å². The summed E-state index contributed by atoms with van der Waals surface area (Å²) in [5.74, 6) is 0. The Kier molecular flexibility index (Phi) is 4.49. The Hall–Kier alpha value is -0.950. The van der Waals surface area contributed by atoms with Crippen LogP contribution in [0.2, 0.25) is 0 Å². The van der Waals surface area contributed by atoms with Gasteiger partial charge in [-0.05, 0) is 24.5 Å². The molecule has 1 aliphatic rings. The van der Waals surface area contributed by atoms with E-state index in [1.54, 1.807) is 24.3 Å². The van der Waals surface area contributed by atoms with E-state index in [0.29, 0.717) is 18.4 Å². The van der Waals surface area contributed by atoms with E-state index in [4.69, 9.17) is 5.73 Å². The largest absolute Gasteiger partial charge is 0.389 e. The highest BCUT2D eigenvalue weighted by Crippen LogP contribution is 2.31. The molecule has 5 nitrogen and oxygen atoms in total. The first-order chi connectivity index (χ1) is 9.39. The molecule has 2 rings (SSSR count). The van der Waals surface area contributed by atoms with Gasteiger partial charge in [-0.25, -0.2) is 8.42 Å². The Morgan fingerprint density at radius 1 is 1.30 bits per heavy atom. The molecule has 0 aliphatic heterocycles. The van der Waals surface area contributed by atoms with Crippen molar-refractivity contribution in [2.24, 2.45) is 5.73 Å². The van der Waals surface area contributed by atoms with Crippen LogP contribution in [0.15, 0.2) is 29.2 Å². The summed E-state index contributed by atoms with van der Waals surface area (Å²) in [7, 11) is -2.10. The molecular weight excluding hydrogens is 276 g/mol. The van der Waals surface area contributed by atoms with Crippen LogP contribution in [0.4, 0.5) is 0 Å². The van der Waals surface area contributed by atoms with Gasteiger partial charge in [0.25, 0.3) is 0 Å². The van der Waals surface area contributed by atoms with Crippen LogP contribution in [0, 0.1) is 0 Å². The SMILES string of the molecule is CN(CC1(O)CCCC1)S(=O)(=O)c1ccccc1CN. The number of nitrogens with two attached hydrogens (primary N) is 1. The second-order valence-corrected chi connectivity index (χ2v) is 7.52. The first kappa shape index (κ1) is 15.4. The van der Waals surface area contributed by atoms with Crippen LogP contribution in [0.3, 0.4) is 0 Å². The van der Waals surface area contributed by atoms with Gasteiger partial charge in [-0.15, -0.1) is 0 Å². The highest BCUT2D eigenvalue weighted by atomic mass is 32.2. The summed E-state index contributed by atoms with van der Waals surface area (Å²) in [5.41, 5.74) is 5.31. The molecule has 0 atom stereocenters. The van der Waals surface area contributed by atoms with Gasteiger partial charge in [-0.1, -0.05) is 31.0 Å². The fourth-order valence-electron chi connectivity index (χ4n) is 2.78. The summed E-state index contributed by atoms with van der Waals surface area (Å²) in [5, 5.41) is 10.4. The Bertz CT molecular complexity index is 566. The summed E-state index contributed by atoms with van der Waals surface area (Å²) in [6.07, 6.45) is 3.21. The molecule has 0 unspecified atom stereocenters. The van der Waals surface area contributed by atoms with Gasteiger partial charge < -0.3 is 10.8 Å². The zero-order valence-corrected chi connectivity index (χ0v) is 12.6. The lowest BCUT2D eigenvalue weighted by Crippen LogP contribution is -2.42. The first-order valence-electron chi connectivity index (χ1n) is 6.86. The van der Waals surface area contributed by atoms with Gasteiger partial charge in [0.2, 0.25) is 10.0 Å². The minimum absolute atomic E-state index is 0.133. The molecule has 0 radical (unpaired) electrons. The van der Waals surface area contributed by atoms with Crippen molar-refractivity contribution in [2.75, 3.05) is 13.6 Å². The molecule has 0 amide bonds. The fraction of sp³-hybridized carbons (Fsp3) is 0.571. The first-order valence-corrected chi connectivity index (χ1v) is 8.30. The molecule has 6 heteroatoms. The molecule has 20 heavy (non-hydrogen) atoms. The average molecular weight is 298 g/mol. The maximum Gasteiger partial charge on any atom is 0.243 e. The maximum atomic E-state index is 12.6. The number of rotatable bonds is 5. The zero-order valence-electron chi connectivity index (χ0n) is 11.7. The number of aliphatic hydroxyl groups is 1. The molecule has 1 aliphatic carbocycles. The molecular formula is C14H22N2O3S. The van der Waals surface area contributed by atoms with Crippen LogP contribution >= 0.6 is 0 Å². The number of nitrogens with zero attached hydrogens (tertiary/aromatic N) is 1. The van der Waals surface area contributed by atoms with E-state index >= 15 is 0 Å². The lowest BCUT2D eigenvalue weighted by molar-refractivity contribution is 0.0333. The number of hydrogen-bond acceptors (Lipinski definition) is 4. The third kappa shape index (κ3) is 3.03. The molecule has 1 aromatic rings. The lowest BCUT2D eigenvalue weighted by atomic mass is 10.0. The van der Waals surface area contributed by atoms with E-state index < -0.39 is 15.6 Å². The average Bonchev–Trinajstić information content (AvgIpc) is 2.85. The molecule has 0 spiro atoms. The molecule has 0 heterocycles. The predicted octanol–water partition coefficient (Wildman–Crippen LogP) is 1.07. The monoisotopic (exact) mass is 298 g/mol. The minimum Gasteiger partial charge on any atom is -0.389 e. The van der Waals surface area contributed by atoms with Crippen LogP contribution < -0.4 is 5.73 Å². The van der Waals surface area contributed by atoms with Gasteiger partial charge in [-0.2, -0.15) is 4.31 Å². The highest BCUT2D eigenvalue weighted by molar-refractivity contribution is 7.89. The molecule has 0 aromatic heterocycles. The van der Waals surface area contributed by atoms with E-state index in [0.717, 1.165) is 12.8 Å². The second kappa shape index (κ2) is 5.81. The van der Waals surface area contributed by atoms with Crippen molar-refractivity contribution in [3.63, 3.8) is 0 Å². The normalized spacial score (nSPS) is 18.6. The van der Waals surface area contributed by atoms with Gasteiger partial charge in [0, 0.05) is 20.1 Å². The highest BCUT2D eigenvalue weighted by Gasteiger charge is 2.36. The van der Waals surface area contributed by atoms with Crippen molar-refractivity contribution >= 4 is 10.0 Å². The van der Waals surface area contributed by atoms with Crippen molar-refractivity contribution in [3.8, 4) is 0 Å². The molecule has 1 aromatic carbocycles. The second-order valence-electron chi connectivity index (χ2n) is 5.50. The number of sulfonamides is 1. The standard InChI is InChI=1S/C14H22N2O3S/c1-16(11-14(17)8-4-5-9-14)20(18,19)13-7-3-2-6-12(13)10-15/h2-3,6-7,17H,4-5,8-11,15H2,1H3. The molecule has 0 saturated heterocycles. The molecule has 1 saturated carbocycles. The van der Waals surface area contributed by atoms with Gasteiger partial charge in [-0.3, -0.25) is 0 Å². The summed E-state index contributed by atoms with van der Waals surface area (Å²) >= 11 is 0. The van der Waals surface area contributed by atoms with Gasteiger partial charge in [0.05, 0.1) is 10.5 Å². The van der Waals surface area contributed by atoms with Crippen molar-refractivity contribution in [3.05, 3.63) is 29.8 Å². The summed E-state index contributed by atoms with van der Waals surface area (Å²) in [4.78, 5) is 0.228. The van der Waals surface area contributed by atoms with E-state index in [9.17, 15) is 13.5 Å². The topological polar surface area (TPSA) is 83.6 Å². The van der Waals surface area contributed by atoms with Gasteiger partial charge >= 0.3 is 0 Å². The predicted molar refractivity (Wildman–Crippen MR) is 77.6 cm³/mol. The van der Waals surface area contributed by atoms with E-state index in [-0.39, 0.29) is 18.0 Å². The third-order valence-electron chi connectivity index (χ3n) is 3.93. The van der Waals surface area contributed by atoms with E-state index in [2.05, 4.69) is 0 Å². The minimum atomic E-state index is -3.61. The number of hydrogen-bond donors (Lipinski definition) is 2. The summed E-state index contributed by atoms with van der Waals surface area (Å²) in [6.45, 7) is 0.307. The Morgan fingerprint density at radius 3 is 2.50 bits per heavy atom. The molecule has 3 N–H and O–H groups in total. The van der Waals surface area contributed by atoms with Crippen molar-refractivity contribution in [1.82, 2.24) is 4.31 Å². The maximum absolute atomic E-state index is 12.6.